The van der Waals surface area contributed by atoms with Gasteiger partial charge < -0.3 is 9.84 Å². The Hall–Kier alpha value is -1.55. The minimum Gasteiger partial charge on any atom is -0.494 e. The number of carboxylic acid groups (broad SMARTS) is 1. The lowest BCUT2D eigenvalue weighted by Crippen LogP contribution is -2.49. The Morgan fingerprint density at radius 2 is 1.95 bits per heavy atom. The number of likely N-dealkylation sites (tertiary alicyclic amines) is 1. The lowest BCUT2D eigenvalue weighted by Gasteiger charge is -2.36. The van der Waals surface area contributed by atoms with Crippen LogP contribution in [0.15, 0.2) is 24.3 Å². The van der Waals surface area contributed by atoms with E-state index in [0.717, 1.165) is 24.8 Å². The smallest absolute Gasteiger partial charge is 0.309 e. The quantitative estimate of drug-likeness (QED) is 0.830. The monoisotopic (exact) mass is 275 g/mol. The molecule has 2 aliphatic rings. The average Bonchev–Trinajstić information content (AvgIpc) is 3.18. The maximum Gasteiger partial charge on any atom is 0.309 e. The Labute approximate surface area is 119 Å². The summed E-state index contributed by atoms with van der Waals surface area (Å²) in [6, 6.07) is 8.16. The molecule has 3 rings (SSSR count). The van der Waals surface area contributed by atoms with Crippen LogP contribution in [0.1, 0.15) is 24.8 Å². The van der Waals surface area contributed by atoms with Crippen molar-refractivity contribution in [2.75, 3.05) is 19.7 Å². The van der Waals surface area contributed by atoms with Gasteiger partial charge in [-0.3, -0.25) is 9.69 Å². The lowest BCUT2D eigenvalue weighted by atomic mass is 10.00. The van der Waals surface area contributed by atoms with E-state index in [2.05, 4.69) is 17.0 Å². The third-order valence-corrected chi connectivity index (χ3v) is 4.13. The van der Waals surface area contributed by atoms with Crippen LogP contribution in [-0.2, 0) is 11.3 Å². The standard InChI is InChI=1S/C16H21NO3/c18-16(19)14-10-17(11-14)9-13-3-5-15(6-4-13)20-8-7-12-1-2-12/h3-6,12,14H,1-2,7-11H2,(H,18,19). The van der Waals surface area contributed by atoms with Gasteiger partial charge in [0.25, 0.3) is 0 Å². The summed E-state index contributed by atoms with van der Waals surface area (Å²) in [7, 11) is 0. The van der Waals surface area contributed by atoms with Crippen LogP contribution in [0.25, 0.3) is 0 Å². The van der Waals surface area contributed by atoms with Gasteiger partial charge in [0.15, 0.2) is 0 Å². The zero-order valence-electron chi connectivity index (χ0n) is 11.6. The molecule has 108 valence electrons. The summed E-state index contributed by atoms with van der Waals surface area (Å²) in [4.78, 5) is 12.9. The van der Waals surface area contributed by atoms with Gasteiger partial charge >= 0.3 is 5.97 Å². The second-order valence-corrected chi connectivity index (χ2v) is 5.95. The van der Waals surface area contributed by atoms with E-state index in [9.17, 15) is 4.79 Å². The zero-order valence-corrected chi connectivity index (χ0v) is 11.6. The van der Waals surface area contributed by atoms with Crippen molar-refractivity contribution >= 4 is 5.97 Å². The molecule has 0 radical (unpaired) electrons. The van der Waals surface area contributed by atoms with Crippen LogP contribution in [-0.4, -0.2) is 35.7 Å². The highest BCUT2D eigenvalue weighted by molar-refractivity contribution is 5.71. The number of aliphatic carboxylic acids is 1. The highest BCUT2D eigenvalue weighted by Crippen LogP contribution is 2.32. The Morgan fingerprint density at radius 1 is 1.25 bits per heavy atom. The maximum atomic E-state index is 10.7. The third-order valence-electron chi connectivity index (χ3n) is 4.13. The van der Waals surface area contributed by atoms with Crippen molar-refractivity contribution in [2.45, 2.75) is 25.8 Å². The number of hydrogen-bond donors (Lipinski definition) is 1. The van der Waals surface area contributed by atoms with Gasteiger partial charge in [0.05, 0.1) is 12.5 Å². The van der Waals surface area contributed by atoms with Crippen molar-refractivity contribution in [1.29, 1.82) is 0 Å². The lowest BCUT2D eigenvalue weighted by molar-refractivity contribution is -0.147. The summed E-state index contributed by atoms with van der Waals surface area (Å²) in [5.74, 6) is 0.977. The molecule has 0 unspecified atom stereocenters. The predicted molar refractivity (Wildman–Crippen MR) is 75.7 cm³/mol. The molecule has 0 aromatic heterocycles. The Morgan fingerprint density at radius 3 is 2.55 bits per heavy atom. The Balaban J connectivity index is 1.40. The van der Waals surface area contributed by atoms with Crippen molar-refractivity contribution in [3.05, 3.63) is 29.8 Å². The van der Waals surface area contributed by atoms with Crippen LogP contribution in [0.4, 0.5) is 0 Å². The van der Waals surface area contributed by atoms with E-state index in [1.165, 1.54) is 24.8 Å². The van der Waals surface area contributed by atoms with Crippen LogP contribution in [0.5, 0.6) is 5.75 Å². The Kier molecular flexibility index (Phi) is 3.92. The molecular formula is C16H21NO3. The fraction of sp³-hybridized carbons (Fsp3) is 0.562. The molecule has 1 aliphatic heterocycles. The first-order valence-corrected chi connectivity index (χ1v) is 7.37. The van der Waals surface area contributed by atoms with E-state index < -0.39 is 5.97 Å². The van der Waals surface area contributed by atoms with E-state index in [1.54, 1.807) is 0 Å². The molecule has 4 nitrogen and oxygen atoms in total. The van der Waals surface area contributed by atoms with Gasteiger partial charge in [0.1, 0.15) is 5.75 Å². The first-order chi connectivity index (χ1) is 9.70. The number of carboxylic acids is 1. The summed E-state index contributed by atoms with van der Waals surface area (Å²) >= 11 is 0. The molecular weight excluding hydrogens is 254 g/mol. The first-order valence-electron chi connectivity index (χ1n) is 7.37. The largest absolute Gasteiger partial charge is 0.494 e. The number of hydrogen-bond acceptors (Lipinski definition) is 3. The molecule has 1 saturated carbocycles. The van der Waals surface area contributed by atoms with Crippen molar-refractivity contribution < 1.29 is 14.6 Å². The second-order valence-electron chi connectivity index (χ2n) is 5.95. The SMILES string of the molecule is O=C(O)C1CN(Cc2ccc(OCCC3CC3)cc2)C1. The fourth-order valence-electron chi connectivity index (χ4n) is 2.55. The van der Waals surface area contributed by atoms with E-state index >= 15 is 0 Å². The maximum absolute atomic E-state index is 10.7. The van der Waals surface area contributed by atoms with Crippen LogP contribution in [0, 0.1) is 11.8 Å². The van der Waals surface area contributed by atoms with Crippen LogP contribution in [0.3, 0.4) is 0 Å². The zero-order chi connectivity index (χ0) is 13.9. The van der Waals surface area contributed by atoms with Gasteiger partial charge in [0, 0.05) is 19.6 Å². The summed E-state index contributed by atoms with van der Waals surface area (Å²) in [6.45, 7) is 2.96. The highest BCUT2D eigenvalue weighted by Gasteiger charge is 2.32. The first kappa shape index (κ1) is 13.4. The number of ether oxygens (including phenoxy) is 1. The molecule has 1 aromatic rings. The normalized spacial score (nSPS) is 19.6. The van der Waals surface area contributed by atoms with E-state index in [0.29, 0.717) is 13.1 Å². The minimum absolute atomic E-state index is 0.181. The van der Waals surface area contributed by atoms with Crippen molar-refractivity contribution in [3.8, 4) is 5.75 Å². The summed E-state index contributed by atoms with van der Waals surface area (Å²) in [5, 5.41) is 8.84. The van der Waals surface area contributed by atoms with Crippen LogP contribution < -0.4 is 4.74 Å². The summed E-state index contributed by atoms with van der Waals surface area (Å²) in [5.41, 5.74) is 1.21. The van der Waals surface area contributed by atoms with Gasteiger partial charge in [-0.1, -0.05) is 25.0 Å². The van der Waals surface area contributed by atoms with Gasteiger partial charge in [-0.25, -0.2) is 0 Å². The molecule has 1 saturated heterocycles. The van der Waals surface area contributed by atoms with Gasteiger partial charge in [-0.15, -0.1) is 0 Å². The van der Waals surface area contributed by atoms with E-state index in [1.807, 2.05) is 12.1 Å². The fourth-order valence-corrected chi connectivity index (χ4v) is 2.55. The second kappa shape index (κ2) is 5.83. The summed E-state index contributed by atoms with van der Waals surface area (Å²) < 4.78 is 5.71. The number of nitrogens with zero attached hydrogens (tertiary/aromatic N) is 1. The molecule has 0 atom stereocenters. The molecule has 2 fully saturated rings. The molecule has 1 aromatic carbocycles. The Bertz CT molecular complexity index is 461. The van der Waals surface area contributed by atoms with Crippen LogP contribution >= 0.6 is 0 Å². The number of carbonyl (C=O) groups is 1. The molecule has 0 bridgehead atoms. The minimum atomic E-state index is -0.680. The van der Waals surface area contributed by atoms with Crippen molar-refractivity contribution in [3.63, 3.8) is 0 Å². The highest BCUT2D eigenvalue weighted by atomic mass is 16.5. The van der Waals surface area contributed by atoms with Crippen molar-refractivity contribution in [2.24, 2.45) is 11.8 Å². The van der Waals surface area contributed by atoms with E-state index in [-0.39, 0.29) is 5.92 Å². The van der Waals surface area contributed by atoms with Crippen molar-refractivity contribution in [1.82, 2.24) is 4.90 Å². The molecule has 0 amide bonds. The third kappa shape index (κ3) is 3.51. The average molecular weight is 275 g/mol. The van der Waals surface area contributed by atoms with Gasteiger partial charge in [-0.2, -0.15) is 0 Å². The molecule has 1 N–H and O–H groups in total. The van der Waals surface area contributed by atoms with Crippen LogP contribution in [0.2, 0.25) is 0 Å². The van der Waals surface area contributed by atoms with E-state index in [4.69, 9.17) is 9.84 Å². The number of rotatable bonds is 7. The molecule has 0 spiro atoms. The topological polar surface area (TPSA) is 49.8 Å². The predicted octanol–water partition coefficient (Wildman–Crippen LogP) is 2.38. The number of benzene rings is 1. The van der Waals surface area contributed by atoms with Gasteiger partial charge in [-0.05, 0) is 30.0 Å². The molecule has 1 aliphatic carbocycles. The molecule has 20 heavy (non-hydrogen) atoms. The molecule has 1 heterocycles. The molecule has 4 heteroatoms. The summed E-state index contributed by atoms with van der Waals surface area (Å²) in [6.07, 6.45) is 3.91. The van der Waals surface area contributed by atoms with Gasteiger partial charge in [0.2, 0.25) is 0 Å².